The molecule has 0 fully saturated rings. The van der Waals surface area contributed by atoms with Crippen molar-refractivity contribution in [3.05, 3.63) is 66.1 Å². The van der Waals surface area contributed by atoms with Crippen LogP contribution >= 0.6 is 0 Å². The lowest BCUT2D eigenvalue weighted by Crippen LogP contribution is -2.08. The quantitative estimate of drug-likeness (QED) is 0.544. The molecule has 5 nitrogen and oxygen atoms in total. The summed E-state index contributed by atoms with van der Waals surface area (Å²) in [5, 5.41) is 7.44. The highest BCUT2D eigenvalue weighted by molar-refractivity contribution is 5.91. The van der Waals surface area contributed by atoms with Crippen LogP contribution in [-0.2, 0) is 6.42 Å². The van der Waals surface area contributed by atoms with Crippen molar-refractivity contribution < 1.29 is 13.9 Å². The van der Waals surface area contributed by atoms with Gasteiger partial charge in [0.1, 0.15) is 5.75 Å². The van der Waals surface area contributed by atoms with Gasteiger partial charge in [0, 0.05) is 5.56 Å². The molecule has 3 rings (SSSR count). The molecule has 0 aliphatic rings. The Morgan fingerprint density at radius 3 is 2.41 bits per heavy atom. The standard InChI is InChI=1S/C17H14N2O3/c1-2-12-3-5-14(6-4-12)17(20)22-15-9-7-13(8-10-15)16-19-18-11-21-16/h3-11H,2H2,1H3. The summed E-state index contributed by atoms with van der Waals surface area (Å²) in [6.45, 7) is 2.07. The first-order valence-electron chi connectivity index (χ1n) is 6.94. The maximum atomic E-state index is 12.1. The van der Waals surface area contributed by atoms with E-state index in [1.165, 1.54) is 12.0 Å². The Morgan fingerprint density at radius 2 is 1.82 bits per heavy atom. The van der Waals surface area contributed by atoms with Crippen molar-refractivity contribution in [1.82, 2.24) is 10.2 Å². The maximum absolute atomic E-state index is 12.1. The van der Waals surface area contributed by atoms with Gasteiger partial charge in [-0.15, -0.1) is 10.2 Å². The Morgan fingerprint density at radius 1 is 1.09 bits per heavy atom. The molecule has 0 aliphatic heterocycles. The normalized spacial score (nSPS) is 10.4. The van der Waals surface area contributed by atoms with E-state index in [4.69, 9.17) is 9.15 Å². The zero-order valence-corrected chi connectivity index (χ0v) is 12.0. The van der Waals surface area contributed by atoms with Crippen molar-refractivity contribution in [2.24, 2.45) is 0 Å². The maximum Gasteiger partial charge on any atom is 0.343 e. The lowest BCUT2D eigenvalue weighted by Gasteiger charge is -2.05. The van der Waals surface area contributed by atoms with Crippen molar-refractivity contribution in [2.75, 3.05) is 0 Å². The summed E-state index contributed by atoms with van der Waals surface area (Å²) in [7, 11) is 0. The van der Waals surface area contributed by atoms with Crippen molar-refractivity contribution >= 4 is 5.97 Å². The van der Waals surface area contributed by atoms with Gasteiger partial charge in [0.15, 0.2) is 0 Å². The molecule has 0 atom stereocenters. The molecule has 5 heteroatoms. The molecule has 110 valence electrons. The Hall–Kier alpha value is -2.95. The van der Waals surface area contributed by atoms with Gasteiger partial charge in [-0.1, -0.05) is 19.1 Å². The Kier molecular flexibility index (Phi) is 3.96. The number of ether oxygens (including phenoxy) is 1. The summed E-state index contributed by atoms with van der Waals surface area (Å²) < 4.78 is 10.4. The van der Waals surface area contributed by atoms with Gasteiger partial charge < -0.3 is 9.15 Å². The molecule has 0 spiro atoms. The van der Waals surface area contributed by atoms with Crippen molar-refractivity contribution in [3.63, 3.8) is 0 Å². The predicted octanol–water partition coefficient (Wildman–Crippen LogP) is 3.52. The predicted molar refractivity (Wildman–Crippen MR) is 80.5 cm³/mol. The molecule has 0 aliphatic carbocycles. The van der Waals surface area contributed by atoms with E-state index < -0.39 is 0 Å². The van der Waals surface area contributed by atoms with Crippen LogP contribution in [-0.4, -0.2) is 16.2 Å². The molecular formula is C17H14N2O3. The number of rotatable bonds is 4. The molecule has 0 amide bonds. The lowest BCUT2D eigenvalue weighted by molar-refractivity contribution is 0.0735. The first-order valence-corrected chi connectivity index (χ1v) is 6.94. The van der Waals surface area contributed by atoms with E-state index in [2.05, 4.69) is 17.1 Å². The van der Waals surface area contributed by atoms with Gasteiger partial charge in [-0.05, 0) is 48.4 Å². The van der Waals surface area contributed by atoms with E-state index >= 15 is 0 Å². The van der Waals surface area contributed by atoms with Crippen LogP contribution < -0.4 is 4.74 Å². The zero-order chi connectivity index (χ0) is 15.4. The average molecular weight is 294 g/mol. The molecule has 2 aromatic carbocycles. The summed E-state index contributed by atoms with van der Waals surface area (Å²) in [6, 6.07) is 14.3. The smallest absolute Gasteiger partial charge is 0.343 e. The number of esters is 1. The molecule has 0 radical (unpaired) electrons. The van der Waals surface area contributed by atoms with E-state index in [0.29, 0.717) is 17.2 Å². The van der Waals surface area contributed by atoms with E-state index in [9.17, 15) is 4.79 Å². The Balaban J connectivity index is 1.71. The summed E-state index contributed by atoms with van der Waals surface area (Å²) in [5.74, 6) is 0.508. The Labute approximate surface area is 127 Å². The second-order valence-electron chi connectivity index (χ2n) is 4.71. The number of carbonyl (C=O) groups is 1. The highest BCUT2D eigenvalue weighted by atomic mass is 16.5. The molecule has 3 aromatic rings. The summed E-state index contributed by atoms with van der Waals surface area (Å²) in [4.78, 5) is 12.1. The SMILES string of the molecule is CCc1ccc(C(=O)Oc2ccc(-c3nnco3)cc2)cc1. The fraction of sp³-hybridized carbons (Fsp3) is 0.118. The highest BCUT2D eigenvalue weighted by Crippen LogP contribution is 2.21. The average Bonchev–Trinajstić information content (AvgIpc) is 3.10. The minimum absolute atomic E-state index is 0.381. The molecule has 0 bridgehead atoms. The second kappa shape index (κ2) is 6.22. The number of aryl methyl sites for hydroxylation is 1. The van der Waals surface area contributed by atoms with Crippen LogP contribution in [0.3, 0.4) is 0 Å². The molecule has 0 saturated heterocycles. The van der Waals surface area contributed by atoms with E-state index in [1.807, 2.05) is 12.1 Å². The highest BCUT2D eigenvalue weighted by Gasteiger charge is 2.09. The van der Waals surface area contributed by atoms with Gasteiger partial charge in [0.25, 0.3) is 0 Å². The second-order valence-corrected chi connectivity index (χ2v) is 4.71. The van der Waals surface area contributed by atoms with Crippen LogP contribution in [0.2, 0.25) is 0 Å². The van der Waals surface area contributed by atoms with Crippen molar-refractivity contribution in [2.45, 2.75) is 13.3 Å². The topological polar surface area (TPSA) is 65.2 Å². The molecule has 1 aromatic heterocycles. The minimum Gasteiger partial charge on any atom is -0.423 e. The number of hydrogen-bond donors (Lipinski definition) is 0. The van der Waals surface area contributed by atoms with E-state index in [-0.39, 0.29) is 5.97 Å². The first kappa shape index (κ1) is 14.0. The molecule has 22 heavy (non-hydrogen) atoms. The van der Waals surface area contributed by atoms with E-state index in [0.717, 1.165) is 12.0 Å². The number of nitrogens with zero attached hydrogens (tertiary/aromatic N) is 2. The van der Waals surface area contributed by atoms with Crippen molar-refractivity contribution in [1.29, 1.82) is 0 Å². The van der Waals surface area contributed by atoms with Crippen LogP contribution in [0.5, 0.6) is 5.75 Å². The number of benzene rings is 2. The monoisotopic (exact) mass is 294 g/mol. The van der Waals surface area contributed by atoms with Crippen LogP contribution in [0, 0.1) is 0 Å². The summed E-state index contributed by atoms with van der Waals surface area (Å²) in [6.07, 6.45) is 2.20. The molecule has 0 N–H and O–H groups in total. The van der Waals surface area contributed by atoms with Gasteiger partial charge in [-0.25, -0.2) is 4.79 Å². The van der Waals surface area contributed by atoms with Crippen LogP contribution in [0.15, 0.2) is 59.3 Å². The minimum atomic E-state index is -0.381. The summed E-state index contributed by atoms with van der Waals surface area (Å²) >= 11 is 0. The molecule has 0 unspecified atom stereocenters. The van der Waals surface area contributed by atoms with Crippen molar-refractivity contribution in [3.8, 4) is 17.2 Å². The number of hydrogen-bond acceptors (Lipinski definition) is 5. The molecule has 0 saturated carbocycles. The van der Waals surface area contributed by atoms with Crippen LogP contribution in [0.25, 0.3) is 11.5 Å². The van der Waals surface area contributed by atoms with Crippen LogP contribution in [0.4, 0.5) is 0 Å². The van der Waals surface area contributed by atoms with Crippen LogP contribution in [0.1, 0.15) is 22.8 Å². The van der Waals surface area contributed by atoms with Gasteiger partial charge in [-0.2, -0.15) is 0 Å². The summed E-state index contributed by atoms with van der Waals surface area (Å²) in [5.41, 5.74) is 2.48. The number of aromatic nitrogens is 2. The van der Waals surface area contributed by atoms with Gasteiger partial charge in [0.2, 0.25) is 12.3 Å². The Bertz CT molecular complexity index is 748. The third-order valence-corrected chi connectivity index (χ3v) is 3.27. The fourth-order valence-electron chi connectivity index (χ4n) is 2.01. The first-order chi connectivity index (χ1) is 10.8. The fourth-order valence-corrected chi connectivity index (χ4v) is 2.01. The van der Waals surface area contributed by atoms with Gasteiger partial charge in [-0.3, -0.25) is 0 Å². The lowest BCUT2D eigenvalue weighted by atomic mass is 10.1. The zero-order valence-electron chi connectivity index (χ0n) is 12.0. The molecular weight excluding hydrogens is 280 g/mol. The largest absolute Gasteiger partial charge is 0.423 e. The van der Waals surface area contributed by atoms with Gasteiger partial charge >= 0.3 is 5.97 Å². The van der Waals surface area contributed by atoms with E-state index in [1.54, 1.807) is 36.4 Å². The third kappa shape index (κ3) is 3.03. The van der Waals surface area contributed by atoms with Gasteiger partial charge in [0.05, 0.1) is 5.56 Å². The molecule has 1 heterocycles. The third-order valence-electron chi connectivity index (χ3n) is 3.27. The number of carbonyl (C=O) groups excluding carboxylic acids is 1.